The predicted molar refractivity (Wildman–Crippen MR) is 92.9 cm³/mol. The van der Waals surface area contributed by atoms with Gasteiger partial charge in [0.25, 0.3) is 5.91 Å². The number of aliphatic carboxylic acids is 1. The quantitative estimate of drug-likeness (QED) is 0.921. The number of rotatable bonds is 4. The number of carbonyl (C=O) groups is 2. The van der Waals surface area contributed by atoms with Gasteiger partial charge in [-0.05, 0) is 44.7 Å². The van der Waals surface area contributed by atoms with Crippen molar-refractivity contribution in [2.75, 3.05) is 19.8 Å². The van der Waals surface area contributed by atoms with Crippen molar-refractivity contribution in [1.82, 2.24) is 4.90 Å². The van der Waals surface area contributed by atoms with Crippen LogP contribution in [0.5, 0.6) is 0 Å². The molecule has 134 valence electrons. The van der Waals surface area contributed by atoms with Crippen molar-refractivity contribution >= 4 is 22.8 Å². The molecule has 1 fully saturated rings. The Morgan fingerprint density at radius 1 is 1.16 bits per heavy atom. The molecule has 1 N–H and O–H groups in total. The molecule has 25 heavy (non-hydrogen) atoms. The first-order valence-corrected chi connectivity index (χ1v) is 8.50. The topological polar surface area (TPSA) is 80.0 Å². The Morgan fingerprint density at radius 2 is 1.80 bits per heavy atom. The van der Waals surface area contributed by atoms with Crippen molar-refractivity contribution in [2.24, 2.45) is 0 Å². The second-order valence-electron chi connectivity index (χ2n) is 6.63. The van der Waals surface area contributed by atoms with E-state index < -0.39 is 5.97 Å². The lowest BCUT2D eigenvalue weighted by Crippen LogP contribution is -2.46. The predicted octanol–water partition coefficient (Wildman–Crippen LogP) is 3.06. The molecule has 1 amide bonds. The number of furan rings is 1. The molecule has 2 heterocycles. The van der Waals surface area contributed by atoms with E-state index in [2.05, 4.69) is 0 Å². The maximum absolute atomic E-state index is 13.1. The van der Waals surface area contributed by atoms with Crippen LogP contribution >= 0.6 is 0 Å². The Morgan fingerprint density at radius 3 is 2.40 bits per heavy atom. The molecule has 1 saturated heterocycles. The highest BCUT2D eigenvalue weighted by atomic mass is 16.5. The molecule has 1 aliphatic rings. The van der Waals surface area contributed by atoms with Gasteiger partial charge in [-0.1, -0.05) is 12.1 Å². The van der Waals surface area contributed by atoms with E-state index in [0.717, 1.165) is 22.1 Å². The molecule has 0 aliphatic carbocycles. The van der Waals surface area contributed by atoms with E-state index in [1.54, 1.807) is 0 Å². The van der Waals surface area contributed by atoms with Crippen LogP contribution in [0, 0.1) is 20.8 Å². The third kappa shape index (κ3) is 3.26. The third-order valence-corrected chi connectivity index (χ3v) is 4.87. The van der Waals surface area contributed by atoms with Crippen LogP contribution in [0.1, 0.15) is 40.1 Å². The van der Waals surface area contributed by atoms with Crippen LogP contribution < -0.4 is 0 Å². The SMILES string of the molecule is Cc1ccc(C)c2c(C)c(C(=O)N(CC(=O)O)C3CCOCC3)oc12. The molecule has 0 spiro atoms. The monoisotopic (exact) mass is 345 g/mol. The highest BCUT2D eigenvalue weighted by Crippen LogP contribution is 2.32. The number of hydrogen-bond acceptors (Lipinski definition) is 4. The molecule has 1 aromatic carbocycles. The van der Waals surface area contributed by atoms with Crippen LogP contribution in [0.3, 0.4) is 0 Å². The summed E-state index contributed by atoms with van der Waals surface area (Å²) in [5, 5.41) is 10.2. The smallest absolute Gasteiger partial charge is 0.323 e. The van der Waals surface area contributed by atoms with Crippen molar-refractivity contribution in [3.05, 3.63) is 34.6 Å². The van der Waals surface area contributed by atoms with Gasteiger partial charge in [0.2, 0.25) is 0 Å². The molecular weight excluding hydrogens is 322 g/mol. The van der Waals surface area contributed by atoms with Crippen LogP contribution in [0.15, 0.2) is 16.5 Å². The van der Waals surface area contributed by atoms with Crippen LogP contribution in [-0.2, 0) is 9.53 Å². The lowest BCUT2D eigenvalue weighted by atomic mass is 10.0. The first-order valence-electron chi connectivity index (χ1n) is 8.50. The van der Waals surface area contributed by atoms with Crippen molar-refractivity contribution in [3.8, 4) is 0 Å². The van der Waals surface area contributed by atoms with Gasteiger partial charge in [0, 0.05) is 30.2 Å². The summed E-state index contributed by atoms with van der Waals surface area (Å²) in [6.07, 6.45) is 1.27. The van der Waals surface area contributed by atoms with Crippen molar-refractivity contribution in [1.29, 1.82) is 0 Å². The average molecular weight is 345 g/mol. The van der Waals surface area contributed by atoms with Gasteiger partial charge in [0.15, 0.2) is 5.76 Å². The summed E-state index contributed by atoms with van der Waals surface area (Å²) in [5.74, 6) is -1.15. The fourth-order valence-corrected chi connectivity index (χ4v) is 3.52. The number of carbonyl (C=O) groups excluding carboxylic acids is 1. The van der Waals surface area contributed by atoms with E-state index in [9.17, 15) is 14.7 Å². The van der Waals surface area contributed by atoms with Crippen molar-refractivity contribution in [3.63, 3.8) is 0 Å². The molecule has 0 bridgehead atoms. The number of hydrogen-bond donors (Lipinski definition) is 1. The number of benzene rings is 1. The number of amides is 1. The standard InChI is InChI=1S/C19H23NO5/c1-11-4-5-12(2)17-16(11)13(3)18(25-17)19(23)20(10-15(21)22)14-6-8-24-9-7-14/h4-5,14H,6-10H2,1-3H3,(H,21,22). The number of fused-ring (bicyclic) bond motifs is 1. The van der Waals surface area contributed by atoms with Crippen molar-refractivity contribution < 1.29 is 23.8 Å². The van der Waals surface area contributed by atoms with Gasteiger partial charge < -0.3 is 19.2 Å². The van der Waals surface area contributed by atoms with Gasteiger partial charge in [-0.25, -0.2) is 0 Å². The van der Waals surface area contributed by atoms with Gasteiger partial charge in [-0.3, -0.25) is 9.59 Å². The van der Waals surface area contributed by atoms with Gasteiger partial charge in [0.1, 0.15) is 12.1 Å². The largest absolute Gasteiger partial charge is 0.480 e. The molecule has 0 saturated carbocycles. The fourth-order valence-electron chi connectivity index (χ4n) is 3.52. The van der Waals surface area contributed by atoms with Crippen LogP contribution in [0.4, 0.5) is 0 Å². The fraction of sp³-hybridized carbons (Fsp3) is 0.474. The maximum atomic E-state index is 13.1. The molecule has 0 atom stereocenters. The zero-order chi connectivity index (χ0) is 18.1. The molecule has 1 aliphatic heterocycles. The molecule has 0 unspecified atom stereocenters. The lowest BCUT2D eigenvalue weighted by Gasteiger charge is -2.32. The summed E-state index contributed by atoms with van der Waals surface area (Å²) >= 11 is 0. The summed E-state index contributed by atoms with van der Waals surface area (Å²) in [5.41, 5.74) is 3.46. The molecule has 6 heteroatoms. The van der Waals surface area contributed by atoms with Crippen LogP contribution in [0.25, 0.3) is 11.0 Å². The number of carboxylic acid groups (broad SMARTS) is 1. The molecular formula is C19H23NO5. The normalized spacial score (nSPS) is 15.5. The zero-order valence-corrected chi connectivity index (χ0v) is 14.8. The van der Waals surface area contributed by atoms with Gasteiger partial charge in [-0.2, -0.15) is 0 Å². The van der Waals surface area contributed by atoms with E-state index in [1.165, 1.54) is 4.90 Å². The second-order valence-corrected chi connectivity index (χ2v) is 6.63. The summed E-state index contributed by atoms with van der Waals surface area (Å²) < 4.78 is 11.2. The minimum Gasteiger partial charge on any atom is -0.480 e. The first kappa shape index (κ1) is 17.5. The highest BCUT2D eigenvalue weighted by Gasteiger charge is 2.32. The van der Waals surface area contributed by atoms with E-state index in [1.807, 2.05) is 32.9 Å². The number of aryl methyl sites for hydroxylation is 3. The molecule has 6 nitrogen and oxygen atoms in total. The van der Waals surface area contributed by atoms with E-state index in [-0.39, 0.29) is 24.3 Å². The zero-order valence-electron chi connectivity index (χ0n) is 14.8. The van der Waals surface area contributed by atoms with Gasteiger partial charge in [-0.15, -0.1) is 0 Å². The summed E-state index contributed by atoms with van der Waals surface area (Å²) in [7, 11) is 0. The molecule has 3 rings (SSSR count). The summed E-state index contributed by atoms with van der Waals surface area (Å²) in [6, 6.07) is 3.82. The first-order chi connectivity index (χ1) is 11.9. The second kappa shape index (κ2) is 6.88. The highest BCUT2D eigenvalue weighted by molar-refractivity contribution is 6.01. The van der Waals surface area contributed by atoms with Crippen molar-refractivity contribution in [2.45, 2.75) is 39.7 Å². The molecule has 1 aromatic heterocycles. The number of ether oxygens (including phenoxy) is 1. The maximum Gasteiger partial charge on any atom is 0.323 e. The summed E-state index contributed by atoms with van der Waals surface area (Å²) in [6.45, 7) is 6.50. The Balaban J connectivity index is 2.03. The molecule has 2 aromatic rings. The van der Waals surface area contributed by atoms with Gasteiger partial charge >= 0.3 is 5.97 Å². The average Bonchev–Trinajstić information content (AvgIpc) is 2.95. The van der Waals surface area contributed by atoms with E-state index in [4.69, 9.17) is 9.15 Å². The Labute approximate surface area is 146 Å². The van der Waals surface area contributed by atoms with E-state index in [0.29, 0.717) is 31.6 Å². The van der Waals surface area contributed by atoms with Crippen LogP contribution in [-0.4, -0.2) is 47.7 Å². The minimum absolute atomic E-state index is 0.146. The minimum atomic E-state index is -1.03. The molecule has 0 radical (unpaired) electrons. The number of carboxylic acids is 1. The lowest BCUT2D eigenvalue weighted by molar-refractivity contribution is -0.138. The third-order valence-electron chi connectivity index (χ3n) is 4.87. The van der Waals surface area contributed by atoms with Crippen LogP contribution in [0.2, 0.25) is 0 Å². The Bertz CT molecular complexity index is 817. The van der Waals surface area contributed by atoms with Gasteiger partial charge in [0.05, 0.1) is 0 Å². The van der Waals surface area contributed by atoms with E-state index >= 15 is 0 Å². The number of nitrogens with zero attached hydrogens (tertiary/aromatic N) is 1. The summed E-state index contributed by atoms with van der Waals surface area (Å²) in [4.78, 5) is 25.8. The Hall–Kier alpha value is -2.34. The Kier molecular flexibility index (Phi) is 4.81.